The van der Waals surface area contributed by atoms with Crippen LogP contribution in [-0.4, -0.2) is 39.0 Å². The molecule has 1 saturated heterocycles. The fourth-order valence-corrected chi connectivity index (χ4v) is 2.20. The standard InChI is InChI=1S/C16H25NO3/c1-2-10-19-15-7-3-4-8-16(15)20-12-9-17-13-14-6-5-11-18-14/h3-4,7-8,14,17H,2,5-6,9-13H2,1H3. The van der Waals surface area contributed by atoms with E-state index in [4.69, 9.17) is 14.2 Å². The van der Waals surface area contributed by atoms with E-state index in [0.29, 0.717) is 12.7 Å². The summed E-state index contributed by atoms with van der Waals surface area (Å²) < 4.78 is 17.0. The molecule has 4 nitrogen and oxygen atoms in total. The van der Waals surface area contributed by atoms with Crippen LogP contribution in [0.1, 0.15) is 26.2 Å². The summed E-state index contributed by atoms with van der Waals surface area (Å²) in [6.45, 7) is 6.10. The van der Waals surface area contributed by atoms with Crippen molar-refractivity contribution < 1.29 is 14.2 Å². The van der Waals surface area contributed by atoms with Crippen LogP contribution in [0.4, 0.5) is 0 Å². The van der Waals surface area contributed by atoms with Crippen molar-refractivity contribution in [3.63, 3.8) is 0 Å². The zero-order valence-corrected chi connectivity index (χ0v) is 12.3. The van der Waals surface area contributed by atoms with Crippen LogP contribution in [0.2, 0.25) is 0 Å². The van der Waals surface area contributed by atoms with Crippen LogP contribution >= 0.6 is 0 Å². The van der Waals surface area contributed by atoms with Gasteiger partial charge in [-0.25, -0.2) is 0 Å². The highest BCUT2D eigenvalue weighted by Crippen LogP contribution is 2.26. The van der Waals surface area contributed by atoms with Crippen molar-refractivity contribution in [1.29, 1.82) is 0 Å². The normalized spacial score (nSPS) is 18.1. The van der Waals surface area contributed by atoms with E-state index in [2.05, 4.69) is 12.2 Å². The Hall–Kier alpha value is -1.26. The molecular weight excluding hydrogens is 254 g/mol. The lowest BCUT2D eigenvalue weighted by molar-refractivity contribution is 0.109. The zero-order chi connectivity index (χ0) is 14.0. The van der Waals surface area contributed by atoms with E-state index in [0.717, 1.165) is 44.2 Å². The molecule has 20 heavy (non-hydrogen) atoms. The first kappa shape index (κ1) is 15.1. The van der Waals surface area contributed by atoms with E-state index in [-0.39, 0.29) is 0 Å². The molecule has 1 aromatic rings. The second kappa shape index (κ2) is 8.82. The summed E-state index contributed by atoms with van der Waals surface area (Å²) in [5.74, 6) is 1.65. The van der Waals surface area contributed by atoms with Crippen LogP contribution in [-0.2, 0) is 4.74 Å². The Kier molecular flexibility index (Phi) is 6.68. The van der Waals surface area contributed by atoms with Crippen molar-refractivity contribution in [1.82, 2.24) is 5.32 Å². The molecule has 0 aromatic heterocycles. The minimum atomic E-state index is 0.384. The van der Waals surface area contributed by atoms with E-state index in [1.54, 1.807) is 0 Å². The second-order valence-corrected chi connectivity index (χ2v) is 4.98. The summed E-state index contributed by atoms with van der Waals surface area (Å²) in [6.07, 6.45) is 3.74. The van der Waals surface area contributed by atoms with Crippen LogP contribution in [0.15, 0.2) is 24.3 Å². The monoisotopic (exact) mass is 279 g/mol. The summed E-state index contributed by atoms with van der Waals surface area (Å²) in [7, 11) is 0. The molecule has 0 saturated carbocycles. The molecular formula is C16H25NO3. The average Bonchev–Trinajstić information content (AvgIpc) is 2.99. The molecule has 0 bridgehead atoms. The highest BCUT2D eigenvalue weighted by atomic mass is 16.5. The molecule has 0 amide bonds. The summed E-state index contributed by atoms with van der Waals surface area (Å²) in [6, 6.07) is 7.83. The smallest absolute Gasteiger partial charge is 0.161 e. The van der Waals surface area contributed by atoms with Gasteiger partial charge < -0.3 is 19.5 Å². The topological polar surface area (TPSA) is 39.7 Å². The third kappa shape index (κ3) is 5.02. The van der Waals surface area contributed by atoms with Crippen LogP contribution < -0.4 is 14.8 Å². The first-order chi connectivity index (χ1) is 9.90. The van der Waals surface area contributed by atoms with Gasteiger partial charge >= 0.3 is 0 Å². The van der Waals surface area contributed by atoms with Gasteiger partial charge in [0, 0.05) is 19.7 Å². The minimum Gasteiger partial charge on any atom is -0.490 e. The summed E-state index contributed by atoms with van der Waals surface area (Å²) in [4.78, 5) is 0. The van der Waals surface area contributed by atoms with Gasteiger partial charge in [-0.05, 0) is 31.4 Å². The van der Waals surface area contributed by atoms with Crippen molar-refractivity contribution in [2.75, 3.05) is 32.9 Å². The fraction of sp³-hybridized carbons (Fsp3) is 0.625. The lowest BCUT2D eigenvalue weighted by atomic mass is 10.2. The number of para-hydroxylation sites is 2. The maximum atomic E-state index is 5.77. The molecule has 0 spiro atoms. The van der Waals surface area contributed by atoms with Gasteiger partial charge in [0.05, 0.1) is 12.7 Å². The van der Waals surface area contributed by atoms with Crippen LogP contribution in [0.5, 0.6) is 11.5 Å². The van der Waals surface area contributed by atoms with E-state index in [1.165, 1.54) is 12.8 Å². The SMILES string of the molecule is CCCOc1ccccc1OCCNCC1CCCO1. The van der Waals surface area contributed by atoms with Crippen molar-refractivity contribution >= 4 is 0 Å². The third-order valence-corrected chi connectivity index (χ3v) is 3.24. The summed E-state index contributed by atoms with van der Waals surface area (Å²) in [5, 5.41) is 3.37. The Balaban J connectivity index is 1.65. The first-order valence-corrected chi connectivity index (χ1v) is 7.57. The number of hydrogen-bond donors (Lipinski definition) is 1. The third-order valence-electron chi connectivity index (χ3n) is 3.24. The molecule has 0 aliphatic carbocycles. The van der Waals surface area contributed by atoms with Gasteiger partial charge in [0.1, 0.15) is 6.61 Å². The Morgan fingerprint density at radius 3 is 2.60 bits per heavy atom. The highest BCUT2D eigenvalue weighted by molar-refractivity contribution is 5.39. The molecule has 1 aromatic carbocycles. The number of hydrogen-bond acceptors (Lipinski definition) is 4. The Labute approximate surface area is 121 Å². The van der Waals surface area contributed by atoms with Gasteiger partial charge in [-0.1, -0.05) is 19.1 Å². The van der Waals surface area contributed by atoms with Crippen LogP contribution in [0.3, 0.4) is 0 Å². The van der Waals surface area contributed by atoms with Gasteiger partial charge in [-0.15, -0.1) is 0 Å². The van der Waals surface area contributed by atoms with Crippen LogP contribution in [0.25, 0.3) is 0 Å². The maximum Gasteiger partial charge on any atom is 0.161 e. The summed E-state index contributed by atoms with van der Waals surface area (Å²) >= 11 is 0. The largest absolute Gasteiger partial charge is 0.490 e. The molecule has 0 radical (unpaired) electrons. The molecule has 1 fully saturated rings. The second-order valence-electron chi connectivity index (χ2n) is 4.98. The van der Waals surface area contributed by atoms with Crippen molar-refractivity contribution in [3.05, 3.63) is 24.3 Å². The highest BCUT2D eigenvalue weighted by Gasteiger charge is 2.14. The fourth-order valence-electron chi connectivity index (χ4n) is 2.20. The Morgan fingerprint density at radius 1 is 1.20 bits per heavy atom. The lowest BCUT2D eigenvalue weighted by Gasteiger charge is -2.13. The minimum absolute atomic E-state index is 0.384. The molecule has 1 unspecified atom stereocenters. The molecule has 1 N–H and O–H groups in total. The quantitative estimate of drug-likeness (QED) is 0.705. The number of nitrogens with one attached hydrogen (secondary N) is 1. The summed E-state index contributed by atoms with van der Waals surface area (Å²) in [5.41, 5.74) is 0. The van der Waals surface area contributed by atoms with E-state index < -0.39 is 0 Å². The van der Waals surface area contributed by atoms with Gasteiger partial charge in [0.15, 0.2) is 11.5 Å². The maximum absolute atomic E-state index is 5.77. The number of ether oxygens (including phenoxy) is 3. The van der Waals surface area contributed by atoms with E-state index in [1.807, 2.05) is 24.3 Å². The van der Waals surface area contributed by atoms with E-state index in [9.17, 15) is 0 Å². The van der Waals surface area contributed by atoms with Crippen molar-refractivity contribution in [2.24, 2.45) is 0 Å². The Morgan fingerprint density at radius 2 is 1.95 bits per heavy atom. The molecule has 1 heterocycles. The van der Waals surface area contributed by atoms with Crippen LogP contribution in [0, 0.1) is 0 Å². The molecule has 4 heteroatoms. The number of benzene rings is 1. The lowest BCUT2D eigenvalue weighted by Crippen LogP contribution is -2.29. The molecule has 112 valence electrons. The van der Waals surface area contributed by atoms with Gasteiger partial charge in [-0.3, -0.25) is 0 Å². The van der Waals surface area contributed by atoms with E-state index >= 15 is 0 Å². The average molecular weight is 279 g/mol. The Bertz CT molecular complexity index is 378. The molecule has 2 rings (SSSR count). The van der Waals surface area contributed by atoms with Crippen molar-refractivity contribution in [2.45, 2.75) is 32.3 Å². The molecule has 1 aliphatic rings. The van der Waals surface area contributed by atoms with Gasteiger partial charge in [-0.2, -0.15) is 0 Å². The predicted octanol–water partition coefficient (Wildman–Crippen LogP) is 2.62. The van der Waals surface area contributed by atoms with Gasteiger partial charge in [0.2, 0.25) is 0 Å². The predicted molar refractivity (Wildman–Crippen MR) is 79.6 cm³/mol. The number of rotatable bonds is 9. The first-order valence-electron chi connectivity index (χ1n) is 7.57. The molecule has 1 atom stereocenters. The molecule has 1 aliphatic heterocycles. The zero-order valence-electron chi connectivity index (χ0n) is 12.3. The van der Waals surface area contributed by atoms with Crippen molar-refractivity contribution in [3.8, 4) is 11.5 Å². The van der Waals surface area contributed by atoms with Gasteiger partial charge in [0.25, 0.3) is 0 Å².